The number of aliphatic hydroxyl groups excluding tert-OH is 1. The molecular weight excluding hydrogens is 324 g/mol. The molecule has 0 aliphatic carbocycles. The lowest BCUT2D eigenvalue weighted by molar-refractivity contribution is 0.0696. The van der Waals surface area contributed by atoms with Gasteiger partial charge in [0, 0.05) is 44.4 Å². The first-order valence-corrected chi connectivity index (χ1v) is 8.11. The summed E-state index contributed by atoms with van der Waals surface area (Å²) in [6.45, 7) is 3.73. The quantitative estimate of drug-likeness (QED) is 0.785. The molecule has 1 aliphatic heterocycles. The summed E-state index contributed by atoms with van der Waals surface area (Å²) < 4.78 is 0. The molecule has 9 heteroatoms. The van der Waals surface area contributed by atoms with E-state index < -0.39 is 5.97 Å². The fourth-order valence-electron chi connectivity index (χ4n) is 2.73. The number of carboxylic acids is 1. The number of aromatic carboxylic acids is 1. The first kappa shape index (κ1) is 17.0. The summed E-state index contributed by atoms with van der Waals surface area (Å²) in [7, 11) is 0. The molecule has 1 saturated heterocycles. The third-order valence-electron chi connectivity index (χ3n) is 4.22. The van der Waals surface area contributed by atoms with Gasteiger partial charge in [0.25, 0.3) is 0 Å². The first-order chi connectivity index (χ1) is 12.1. The van der Waals surface area contributed by atoms with Crippen LogP contribution in [0.5, 0.6) is 0 Å². The second-order valence-corrected chi connectivity index (χ2v) is 5.80. The highest BCUT2D eigenvalue weighted by Gasteiger charge is 2.29. The molecule has 0 radical (unpaired) electrons. The molecular formula is C16H20N6O3. The van der Waals surface area contributed by atoms with E-state index in [0.717, 1.165) is 12.0 Å². The number of hydrogen-bond acceptors (Lipinski definition) is 8. The Kier molecular flexibility index (Phi) is 5.03. The molecule has 1 unspecified atom stereocenters. The van der Waals surface area contributed by atoms with Crippen LogP contribution in [-0.2, 0) is 6.42 Å². The van der Waals surface area contributed by atoms with Crippen molar-refractivity contribution >= 4 is 17.9 Å². The van der Waals surface area contributed by atoms with Gasteiger partial charge in [0.1, 0.15) is 0 Å². The molecule has 0 saturated carbocycles. The highest BCUT2D eigenvalue weighted by Crippen LogP contribution is 2.19. The highest BCUT2D eigenvalue weighted by atomic mass is 16.4. The predicted molar refractivity (Wildman–Crippen MR) is 90.8 cm³/mol. The monoisotopic (exact) mass is 344 g/mol. The van der Waals surface area contributed by atoms with Gasteiger partial charge in [-0.2, -0.15) is 0 Å². The highest BCUT2D eigenvalue weighted by molar-refractivity contribution is 5.86. The summed E-state index contributed by atoms with van der Waals surface area (Å²) in [6.07, 6.45) is 7.06. The molecule has 0 aromatic carbocycles. The SMILES string of the molecule is CCc1cnc(N2CCN(c3ncc(C(=O)O)cn3)CC2CO)nc1. The smallest absolute Gasteiger partial charge is 0.338 e. The zero-order valence-corrected chi connectivity index (χ0v) is 13.9. The summed E-state index contributed by atoms with van der Waals surface area (Å²) in [5.74, 6) is -0.0133. The van der Waals surface area contributed by atoms with E-state index in [0.29, 0.717) is 31.5 Å². The molecule has 0 spiro atoms. The van der Waals surface area contributed by atoms with E-state index in [2.05, 4.69) is 19.9 Å². The molecule has 2 aromatic rings. The number of piperazine rings is 1. The molecule has 1 fully saturated rings. The van der Waals surface area contributed by atoms with E-state index in [1.807, 2.05) is 16.7 Å². The summed E-state index contributed by atoms with van der Waals surface area (Å²) in [5.41, 5.74) is 1.11. The van der Waals surface area contributed by atoms with Gasteiger partial charge in [0.2, 0.25) is 11.9 Å². The van der Waals surface area contributed by atoms with Crippen LogP contribution in [0.25, 0.3) is 0 Å². The zero-order chi connectivity index (χ0) is 17.8. The topological polar surface area (TPSA) is 116 Å². The second kappa shape index (κ2) is 7.39. The molecule has 132 valence electrons. The number of rotatable bonds is 5. The fourth-order valence-corrected chi connectivity index (χ4v) is 2.73. The Morgan fingerprint density at radius 1 is 1.12 bits per heavy atom. The molecule has 9 nitrogen and oxygen atoms in total. The lowest BCUT2D eigenvalue weighted by Gasteiger charge is -2.40. The molecule has 0 amide bonds. The van der Waals surface area contributed by atoms with Crippen LogP contribution >= 0.6 is 0 Å². The Morgan fingerprint density at radius 2 is 1.76 bits per heavy atom. The van der Waals surface area contributed by atoms with Crippen LogP contribution in [0.4, 0.5) is 11.9 Å². The molecule has 2 N–H and O–H groups in total. The molecule has 2 aromatic heterocycles. The van der Waals surface area contributed by atoms with Gasteiger partial charge in [0.05, 0.1) is 18.2 Å². The van der Waals surface area contributed by atoms with Gasteiger partial charge in [-0.25, -0.2) is 24.7 Å². The summed E-state index contributed by atoms with van der Waals surface area (Å²) >= 11 is 0. The minimum atomic E-state index is -1.06. The van der Waals surface area contributed by atoms with Crippen LogP contribution in [0.15, 0.2) is 24.8 Å². The first-order valence-electron chi connectivity index (χ1n) is 8.11. The van der Waals surface area contributed by atoms with E-state index in [9.17, 15) is 9.90 Å². The van der Waals surface area contributed by atoms with Crippen molar-refractivity contribution in [2.24, 2.45) is 0 Å². The van der Waals surface area contributed by atoms with Crippen molar-refractivity contribution in [2.75, 3.05) is 36.0 Å². The average Bonchev–Trinajstić information content (AvgIpc) is 2.67. The van der Waals surface area contributed by atoms with Gasteiger partial charge in [0.15, 0.2) is 0 Å². The van der Waals surface area contributed by atoms with Crippen molar-refractivity contribution in [1.29, 1.82) is 0 Å². The van der Waals surface area contributed by atoms with Crippen LogP contribution in [0.1, 0.15) is 22.8 Å². The van der Waals surface area contributed by atoms with Crippen LogP contribution in [0.3, 0.4) is 0 Å². The Labute approximate surface area is 145 Å². The summed E-state index contributed by atoms with van der Waals surface area (Å²) in [4.78, 5) is 31.8. The maximum atomic E-state index is 10.9. The number of carboxylic acid groups (broad SMARTS) is 1. The van der Waals surface area contributed by atoms with Crippen LogP contribution in [0, 0.1) is 0 Å². The maximum Gasteiger partial charge on any atom is 0.338 e. The zero-order valence-electron chi connectivity index (χ0n) is 13.9. The number of hydrogen-bond donors (Lipinski definition) is 2. The average molecular weight is 344 g/mol. The molecule has 25 heavy (non-hydrogen) atoms. The molecule has 3 rings (SSSR count). The molecule has 0 bridgehead atoms. The van der Waals surface area contributed by atoms with Crippen LogP contribution in [-0.4, -0.2) is 68.4 Å². The van der Waals surface area contributed by atoms with E-state index in [4.69, 9.17) is 5.11 Å². The minimum absolute atomic E-state index is 0.0468. The lowest BCUT2D eigenvalue weighted by Crippen LogP contribution is -2.56. The van der Waals surface area contributed by atoms with Gasteiger partial charge in [-0.3, -0.25) is 0 Å². The molecule has 1 atom stereocenters. The number of nitrogens with zero attached hydrogens (tertiary/aromatic N) is 6. The predicted octanol–water partition coefficient (Wildman–Crippen LogP) is 0.215. The number of aromatic nitrogens is 4. The largest absolute Gasteiger partial charge is 0.478 e. The van der Waals surface area contributed by atoms with E-state index in [-0.39, 0.29) is 18.2 Å². The van der Waals surface area contributed by atoms with Crippen molar-refractivity contribution < 1.29 is 15.0 Å². The number of anilines is 2. The third-order valence-corrected chi connectivity index (χ3v) is 4.22. The van der Waals surface area contributed by atoms with Gasteiger partial charge in [-0.05, 0) is 12.0 Å². The Morgan fingerprint density at radius 3 is 2.32 bits per heavy atom. The van der Waals surface area contributed by atoms with Gasteiger partial charge >= 0.3 is 5.97 Å². The normalized spacial score (nSPS) is 17.6. The van der Waals surface area contributed by atoms with Crippen molar-refractivity contribution in [3.63, 3.8) is 0 Å². The van der Waals surface area contributed by atoms with Crippen molar-refractivity contribution in [3.05, 3.63) is 35.9 Å². The Bertz CT molecular complexity index is 722. The van der Waals surface area contributed by atoms with E-state index in [1.165, 1.54) is 12.4 Å². The van der Waals surface area contributed by atoms with E-state index in [1.54, 1.807) is 12.4 Å². The second-order valence-electron chi connectivity index (χ2n) is 5.80. The minimum Gasteiger partial charge on any atom is -0.478 e. The summed E-state index contributed by atoms with van der Waals surface area (Å²) in [5, 5.41) is 18.7. The molecule has 1 aliphatic rings. The van der Waals surface area contributed by atoms with Crippen LogP contribution in [0.2, 0.25) is 0 Å². The van der Waals surface area contributed by atoms with E-state index >= 15 is 0 Å². The molecule has 3 heterocycles. The van der Waals surface area contributed by atoms with Crippen molar-refractivity contribution in [3.8, 4) is 0 Å². The van der Waals surface area contributed by atoms with Gasteiger partial charge in [-0.1, -0.05) is 6.92 Å². The number of aliphatic hydroxyl groups is 1. The Hall–Kier alpha value is -2.81. The fraction of sp³-hybridized carbons (Fsp3) is 0.438. The van der Waals surface area contributed by atoms with Gasteiger partial charge in [-0.15, -0.1) is 0 Å². The third kappa shape index (κ3) is 3.66. The van der Waals surface area contributed by atoms with Crippen molar-refractivity contribution in [2.45, 2.75) is 19.4 Å². The van der Waals surface area contributed by atoms with Crippen LogP contribution < -0.4 is 9.80 Å². The Balaban J connectivity index is 1.73. The van der Waals surface area contributed by atoms with Gasteiger partial charge < -0.3 is 20.0 Å². The summed E-state index contributed by atoms with van der Waals surface area (Å²) in [6, 6.07) is -0.191. The van der Waals surface area contributed by atoms with Crippen molar-refractivity contribution in [1.82, 2.24) is 19.9 Å². The number of carbonyl (C=O) groups is 1. The number of aryl methyl sites for hydroxylation is 1. The lowest BCUT2D eigenvalue weighted by atomic mass is 10.2. The maximum absolute atomic E-state index is 10.9. The standard InChI is InChI=1S/C16H20N6O3/c1-2-11-5-17-16(18-6-11)22-4-3-21(9-13(22)10-23)15-19-7-12(8-20-15)14(24)25/h5-8,13,23H,2-4,9-10H2,1H3,(H,24,25).